The molecule has 0 atom stereocenters. The number of aromatic nitrogens is 2. The van der Waals surface area contributed by atoms with Gasteiger partial charge in [0.1, 0.15) is 0 Å². The maximum Gasteiger partial charge on any atom is 0.294 e. The van der Waals surface area contributed by atoms with Gasteiger partial charge in [0.25, 0.3) is 10.1 Å². The van der Waals surface area contributed by atoms with Gasteiger partial charge in [-0.2, -0.15) is 8.42 Å². The van der Waals surface area contributed by atoms with Crippen LogP contribution in [0.25, 0.3) is 44.3 Å². The molecule has 3 N–H and O–H groups in total. The molecular formula is C19H11N3O4S. The Morgan fingerprint density at radius 1 is 0.926 bits per heavy atom. The second-order valence-corrected chi connectivity index (χ2v) is 7.76. The third-order valence-corrected chi connectivity index (χ3v) is 5.55. The van der Waals surface area contributed by atoms with E-state index in [9.17, 15) is 17.8 Å². The first-order valence-electron chi connectivity index (χ1n) is 7.99. The number of nitrogens with zero attached hydrogens (tertiary/aromatic N) is 2. The standard InChI is InChI=1S/C19H11N3O4S/c20-19(23)10-6-9-2-1-3-12-16(9)13(7-10)18-17(12)22-15-8-11(27(24,25)26)4-5-14(15)21-18/h1-8H,(H2,20,23)(H,24,25,26). The van der Waals surface area contributed by atoms with E-state index in [1.807, 2.05) is 18.2 Å². The second-order valence-electron chi connectivity index (χ2n) is 6.34. The van der Waals surface area contributed by atoms with E-state index in [-0.39, 0.29) is 4.90 Å². The molecule has 1 aliphatic rings. The summed E-state index contributed by atoms with van der Waals surface area (Å²) >= 11 is 0. The van der Waals surface area contributed by atoms with E-state index in [2.05, 4.69) is 9.97 Å². The van der Waals surface area contributed by atoms with Gasteiger partial charge in [0.2, 0.25) is 5.91 Å². The second kappa shape index (κ2) is 5.09. The van der Waals surface area contributed by atoms with Crippen molar-refractivity contribution in [3.8, 4) is 22.5 Å². The van der Waals surface area contributed by atoms with Crippen LogP contribution in [0.15, 0.2) is 53.4 Å². The van der Waals surface area contributed by atoms with Crippen molar-refractivity contribution in [2.24, 2.45) is 5.73 Å². The topological polar surface area (TPSA) is 123 Å². The third-order valence-electron chi connectivity index (χ3n) is 4.71. The molecular weight excluding hydrogens is 366 g/mol. The lowest BCUT2D eigenvalue weighted by Gasteiger charge is -2.05. The van der Waals surface area contributed by atoms with Crippen LogP contribution in [-0.2, 0) is 10.1 Å². The lowest BCUT2D eigenvalue weighted by Crippen LogP contribution is -2.10. The molecule has 0 aliphatic heterocycles. The number of amides is 1. The largest absolute Gasteiger partial charge is 0.366 e. The number of primary amides is 1. The van der Waals surface area contributed by atoms with Gasteiger partial charge in [0.05, 0.1) is 27.3 Å². The van der Waals surface area contributed by atoms with E-state index in [1.165, 1.54) is 18.2 Å². The molecule has 4 aromatic rings. The SMILES string of the molecule is NC(=O)c1cc2c3c(cccc3c1)-c1nc3cc(S(=O)(=O)O)ccc3nc1-2. The van der Waals surface area contributed by atoms with Crippen LogP contribution < -0.4 is 5.73 Å². The van der Waals surface area contributed by atoms with Crippen LogP contribution >= 0.6 is 0 Å². The van der Waals surface area contributed by atoms with Crippen LogP contribution in [0.1, 0.15) is 10.4 Å². The minimum atomic E-state index is -4.34. The van der Waals surface area contributed by atoms with Crippen LogP contribution in [0.2, 0.25) is 0 Å². The molecule has 8 heteroatoms. The average Bonchev–Trinajstić information content (AvgIpc) is 2.93. The minimum Gasteiger partial charge on any atom is -0.366 e. The first kappa shape index (κ1) is 15.9. The highest BCUT2D eigenvalue weighted by molar-refractivity contribution is 7.85. The van der Waals surface area contributed by atoms with Gasteiger partial charge in [0, 0.05) is 22.1 Å². The Bertz CT molecular complexity index is 1430. The lowest BCUT2D eigenvalue weighted by atomic mass is 10.0. The van der Waals surface area contributed by atoms with Crippen LogP contribution in [0.3, 0.4) is 0 Å². The molecule has 0 spiro atoms. The highest BCUT2D eigenvalue weighted by atomic mass is 32.2. The summed E-state index contributed by atoms with van der Waals surface area (Å²) in [5, 5.41) is 1.77. The quantitative estimate of drug-likeness (QED) is 0.456. The van der Waals surface area contributed by atoms with Gasteiger partial charge >= 0.3 is 0 Å². The van der Waals surface area contributed by atoms with Gasteiger partial charge in [-0.3, -0.25) is 9.35 Å². The van der Waals surface area contributed by atoms with Gasteiger partial charge in [-0.1, -0.05) is 18.2 Å². The zero-order chi connectivity index (χ0) is 18.9. The summed E-state index contributed by atoms with van der Waals surface area (Å²) in [6, 6.07) is 13.1. The van der Waals surface area contributed by atoms with E-state index in [0.717, 1.165) is 21.9 Å². The van der Waals surface area contributed by atoms with E-state index in [0.29, 0.717) is 28.0 Å². The van der Waals surface area contributed by atoms with Crippen LogP contribution in [0, 0.1) is 0 Å². The van der Waals surface area contributed by atoms with Crippen LogP contribution in [0.4, 0.5) is 0 Å². The number of hydrogen-bond donors (Lipinski definition) is 2. The lowest BCUT2D eigenvalue weighted by molar-refractivity contribution is 0.100. The number of nitrogens with two attached hydrogens (primary N) is 1. The van der Waals surface area contributed by atoms with Gasteiger partial charge in [0.15, 0.2) is 0 Å². The van der Waals surface area contributed by atoms with Crippen molar-refractivity contribution in [1.29, 1.82) is 0 Å². The van der Waals surface area contributed by atoms with Crippen molar-refractivity contribution >= 4 is 37.8 Å². The summed E-state index contributed by atoms with van der Waals surface area (Å²) in [6.45, 7) is 0. The predicted molar refractivity (Wildman–Crippen MR) is 99.8 cm³/mol. The zero-order valence-corrected chi connectivity index (χ0v) is 14.5. The molecule has 132 valence electrons. The number of hydrogen-bond acceptors (Lipinski definition) is 5. The molecule has 0 saturated heterocycles. The van der Waals surface area contributed by atoms with Crippen LogP contribution in [0.5, 0.6) is 0 Å². The summed E-state index contributed by atoms with van der Waals surface area (Å²) in [5.41, 5.74) is 9.48. The Hall–Kier alpha value is -3.36. The first-order valence-corrected chi connectivity index (χ1v) is 9.43. The van der Waals surface area contributed by atoms with E-state index < -0.39 is 16.0 Å². The average molecular weight is 377 g/mol. The van der Waals surface area contributed by atoms with Crippen molar-refractivity contribution in [3.63, 3.8) is 0 Å². The highest BCUT2D eigenvalue weighted by Gasteiger charge is 2.26. The molecule has 5 rings (SSSR count). The number of carbonyl (C=O) groups excluding carboxylic acids is 1. The Kier molecular flexibility index (Phi) is 2.99. The molecule has 3 aromatic carbocycles. The fraction of sp³-hybridized carbons (Fsp3) is 0. The van der Waals surface area contributed by atoms with Crippen LogP contribution in [-0.4, -0.2) is 28.8 Å². The molecule has 27 heavy (non-hydrogen) atoms. The van der Waals surface area contributed by atoms with Gasteiger partial charge in [-0.05, 0) is 35.7 Å². The van der Waals surface area contributed by atoms with E-state index in [4.69, 9.17) is 5.73 Å². The van der Waals surface area contributed by atoms with Gasteiger partial charge in [-0.25, -0.2) is 9.97 Å². The molecule has 0 bridgehead atoms. The number of rotatable bonds is 2. The maximum absolute atomic E-state index is 11.7. The Labute approximate surface area is 153 Å². The maximum atomic E-state index is 11.7. The molecule has 1 aliphatic carbocycles. The smallest absolute Gasteiger partial charge is 0.294 e. The van der Waals surface area contributed by atoms with Crippen molar-refractivity contribution in [2.75, 3.05) is 0 Å². The zero-order valence-electron chi connectivity index (χ0n) is 13.7. The molecule has 7 nitrogen and oxygen atoms in total. The summed E-state index contributed by atoms with van der Waals surface area (Å²) in [5.74, 6) is -0.529. The van der Waals surface area contributed by atoms with E-state index >= 15 is 0 Å². The summed E-state index contributed by atoms with van der Waals surface area (Å²) in [6.07, 6.45) is 0. The van der Waals surface area contributed by atoms with Crippen molar-refractivity contribution in [3.05, 3.63) is 54.1 Å². The molecule has 1 heterocycles. The number of fused-ring (bicyclic) bond motifs is 4. The Balaban J connectivity index is 1.87. The molecule has 1 aromatic heterocycles. The summed E-state index contributed by atoms with van der Waals surface area (Å²) < 4.78 is 32.1. The van der Waals surface area contributed by atoms with E-state index in [1.54, 1.807) is 12.1 Å². The molecule has 0 unspecified atom stereocenters. The summed E-state index contributed by atoms with van der Waals surface area (Å²) in [4.78, 5) is 20.7. The highest BCUT2D eigenvalue weighted by Crippen LogP contribution is 2.46. The molecule has 0 saturated carbocycles. The normalized spacial score (nSPS) is 12.5. The predicted octanol–water partition coefficient (Wildman–Crippen LogP) is 2.78. The fourth-order valence-electron chi connectivity index (χ4n) is 3.52. The van der Waals surface area contributed by atoms with Crippen molar-refractivity contribution < 1.29 is 17.8 Å². The first-order chi connectivity index (χ1) is 12.8. The minimum absolute atomic E-state index is 0.242. The fourth-order valence-corrected chi connectivity index (χ4v) is 4.03. The molecule has 0 radical (unpaired) electrons. The molecule has 1 amide bonds. The third kappa shape index (κ3) is 2.24. The molecule has 0 fully saturated rings. The van der Waals surface area contributed by atoms with Gasteiger partial charge in [-0.15, -0.1) is 0 Å². The Morgan fingerprint density at radius 3 is 2.41 bits per heavy atom. The van der Waals surface area contributed by atoms with Crippen molar-refractivity contribution in [2.45, 2.75) is 4.90 Å². The monoisotopic (exact) mass is 377 g/mol. The number of benzene rings is 3. The number of carbonyl (C=O) groups is 1. The Morgan fingerprint density at radius 2 is 1.67 bits per heavy atom. The summed E-state index contributed by atoms with van der Waals surface area (Å²) in [7, 11) is -4.34. The van der Waals surface area contributed by atoms with Gasteiger partial charge < -0.3 is 5.73 Å². The van der Waals surface area contributed by atoms with Crippen molar-refractivity contribution in [1.82, 2.24) is 9.97 Å².